The highest BCUT2D eigenvalue weighted by Gasteiger charge is 2.13. The second kappa shape index (κ2) is 5.89. The number of para-hydroxylation sites is 1. The SMILES string of the molecule is Cl.c1ccc(-c2cccc3c2OCCNC3)cc1. The number of hydrogen-bond donors (Lipinski definition) is 1. The quantitative estimate of drug-likeness (QED) is 0.851. The molecule has 0 bridgehead atoms. The molecule has 0 saturated heterocycles. The Morgan fingerprint density at radius 1 is 0.944 bits per heavy atom. The third-order valence-corrected chi connectivity index (χ3v) is 3.02. The van der Waals surface area contributed by atoms with Gasteiger partial charge in [0.25, 0.3) is 0 Å². The van der Waals surface area contributed by atoms with Gasteiger partial charge in [-0.2, -0.15) is 0 Å². The summed E-state index contributed by atoms with van der Waals surface area (Å²) in [6, 6.07) is 16.7. The molecule has 3 heteroatoms. The summed E-state index contributed by atoms with van der Waals surface area (Å²) in [5, 5.41) is 3.36. The van der Waals surface area contributed by atoms with Crippen LogP contribution in [0.3, 0.4) is 0 Å². The van der Waals surface area contributed by atoms with E-state index in [9.17, 15) is 0 Å². The van der Waals surface area contributed by atoms with Crippen LogP contribution in [-0.4, -0.2) is 13.2 Å². The van der Waals surface area contributed by atoms with Crippen molar-refractivity contribution in [1.29, 1.82) is 0 Å². The maximum atomic E-state index is 5.87. The molecule has 0 aromatic heterocycles. The molecule has 0 amide bonds. The van der Waals surface area contributed by atoms with Crippen molar-refractivity contribution >= 4 is 12.4 Å². The molecule has 0 unspecified atom stereocenters. The van der Waals surface area contributed by atoms with E-state index >= 15 is 0 Å². The van der Waals surface area contributed by atoms with E-state index in [1.807, 2.05) is 6.07 Å². The summed E-state index contributed by atoms with van der Waals surface area (Å²) < 4.78 is 5.87. The van der Waals surface area contributed by atoms with Gasteiger partial charge in [-0.3, -0.25) is 0 Å². The first kappa shape index (κ1) is 12.9. The zero-order valence-corrected chi connectivity index (χ0v) is 10.9. The van der Waals surface area contributed by atoms with Gasteiger partial charge in [0.05, 0.1) is 0 Å². The molecule has 1 aliphatic rings. The van der Waals surface area contributed by atoms with Crippen LogP contribution in [0.25, 0.3) is 11.1 Å². The lowest BCUT2D eigenvalue weighted by Crippen LogP contribution is -2.16. The Hall–Kier alpha value is -1.51. The van der Waals surface area contributed by atoms with Gasteiger partial charge in [-0.1, -0.05) is 48.5 Å². The van der Waals surface area contributed by atoms with Gasteiger partial charge >= 0.3 is 0 Å². The molecule has 1 heterocycles. The highest BCUT2D eigenvalue weighted by molar-refractivity contribution is 5.85. The van der Waals surface area contributed by atoms with Crippen LogP contribution < -0.4 is 10.1 Å². The van der Waals surface area contributed by atoms with E-state index in [-0.39, 0.29) is 12.4 Å². The molecule has 1 aliphatic heterocycles. The van der Waals surface area contributed by atoms with Gasteiger partial charge in [0.2, 0.25) is 0 Å². The second-order valence-electron chi connectivity index (χ2n) is 4.19. The van der Waals surface area contributed by atoms with E-state index in [0.29, 0.717) is 0 Å². The van der Waals surface area contributed by atoms with Crippen molar-refractivity contribution in [3.05, 3.63) is 54.1 Å². The van der Waals surface area contributed by atoms with E-state index < -0.39 is 0 Å². The van der Waals surface area contributed by atoms with Crippen LogP contribution in [0.2, 0.25) is 0 Å². The summed E-state index contributed by atoms with van der Waals surface area (Å²) in [5.74, 6) is 1.03. The van der Waals surface area contributed by atoms with Gasteiger partial charge in [-0.25, -0.2) is 0 Å². The number of benzene rings is 2. The van der Waals surface area contributed by atoms with Gasteiger partial charge in [-0.15, -0.1) is 12.4 Å². The van der Waals surface area contributed by atoms with E-state index in [1.54, 1.807) is 0 Å². The summed E-state index contributed by atoms with van der Waals surface area (Å²) in [6.07, 6.45) is 0. The maximum absolute atomic E-state index is 5.87. The Bertz CT molecular complexity index is 513. The summed E-state index contributed by atoms with van der Waals surface area (Å²) in [7, 11) is 0. The van der Waals surface area contributed by atoms with Crippen LogP contribution >= 0.6 is 12.4 Å². The van der Waals surface area contributed by atoms with Crippen molar-refractivity contribution in [3.63, 3.8) is 0 Å². The van der Waals surface area contributed by atoms with E-state index in [2.05, 4.69) is 47.8 Å². The van der Waals surface area contributed by atoms with Crippen molar-refractivity contribution in [3.8, 4) is 16.9 Å². The molecule has 0 saturated carbocycles. The number of hydrogen-bond acceptors (Lipinski definition) is 2. The fourth-order valence-electron chi connectivity index (χ4n) is 2.19. The molecule has 1 N–H and O–H groups in total. The minimum atomic E-state index is 0. The first-order valence-corrected chi connectivity index (χ1v) is 5.96. The highest BCUT2D eigenvalue weighted by atomic mass is 35.5. The summed E-state index contributed by atoms with van der Waals surface area (Å²) in [6.45, 7) is 2.52. The van der Waals surface area contributed by atoms with Gasteiger partial charge in [0.15, 0.2) is 0 Å². The smallest absolute Gasteiger partial charge is 0.131 e. The average Bonchev–Trinajstić information content (AvgIpc) is 2.64. The number of ether oxygens (including phenoxy) is 1. The summed E-state index contributed by atoms with van der Waals surface area (Å²) in [5.41, 5.74) is 3.64. The molecule has 0 aliphatic carbocycles. The van der Waals surface area contributed by atoms with Gasteiger partial charge in [0, 0.05) is 24.2 Å². The van der Waals surface area contributed by atoms with Crippen molar-refractivity contribution in [2.24, 2.45) is 0 Å². The molecule has 0 spiro atoms. The number of rotatable bonds is 1. The molecule has 18 heavy (non-hydrogen) atoms. The van der Waals surface area contributed by atoms with Crippen molar-refractivity contribution in [2.45, 2.75) is 6.54 Å². The second-order valence-corrected chi connectivity index (χ2v) is 4.19. The summed E-state index contributed by atoms with van der Waals surface area (Å²) in [4.78, 5) is 0. The van der Waals surface area contributed by atoms with Crippen molar-refractivity contribution in [1.82, 2.24) is 5.32 Å². The number of halogens is 1. The zero-order valence-electron chi connectivity index (χ0n) is 10.1. The Morgan fingerprint density at radius 2 is 1.78 bits per heavy atom. The number of fused-ring (bicyclic) bond motifs is 1. The Kier molecular flexibility index (Phi) is 4.24. The lowest BCUT2D eigenvalue weighted by atomic mass is 10.0. The topological polar surface area (TPSA) is 21.3 Å². The molecular weight excluding hydrogens is 246 g/mol. The average molecular weight is 262 g/mol. The summed E-state index contributed by atoms with van der Waals surface area (Å²) >= 11 is 0. The van der Waals surface area contributed by atoms with Crippen LogP contribution in [0.1, 0.15) is 5.56 Å². The molecule has 0 atom stereocenters. The lowest BCUT2D eigenvalue weighted by molar-refractivity contribution is 0.327. The van der Waals surface area contributed by atoms with Crippen LogP contribution in [0.5, 0.6) is 5.75 Å². The third-order valence-electron chi connectivity index (χ3n) is 3.02. The molecule has 0 fully saturated rings. The Labute approximate surface area is 113 Å². The van der Waals surface area contributed by atoms with Crippen LogP contribution in [-0.2, 0) is 6.54 Å². The van der Waals surface area contributed by atoms with Crippen LogP contribution in [0, 0.1) is 0 Å². The fraction of sp³-hybridized carbons (Fsp3) is 0.200. The molecule has 2 nitrogen and oxygen atoms in total. The van der Waals surface area contributed by atoms with E-state index in [4.69, 9.17) is 4.74 Å². The molecule has 3 rings (SSSR count). The maximum Gasteiger partial charge on any atom is 0.131 e. The Balaban J connectivity index is 0.00000120. The molecular formula is C15H16ClNO. The Morgan fingerprint density at radius 3 is 2.61 bits per heavy atom. The minimum Gasteiger partial charge on any atom is -0.491 e. The molecule has 94 valence electrons. The van der Waals surface area contributed by atoms with Crippen LogP contribution in [0.4, 0.5) is 0 Å². The van der Waals surface area contributed by atoms with Gasteiger partial charge in [-0.05, 0) is 5.56 Å². The van der Waals surface area contributed by atoms with Crippen LogP contribution in [0.15, 0.2) is 48.5 Å². The van der Waals surface area contributed by atoms with Crippen molar-refractivity contribution in [2.75, 3.05) is 13.2 Å². The monoisotopic (exact) mass is 261 g/mol. The third kappa shape index (κ3) is 2.50. The lowest BCUT2D eigenvalue weighted by Gasteiger charge is -2.12. The molecule has 0 radical (unpaired) electrons. The van der Waals surface area contributed by atoms with Gasteiger partial charge in [0.1, 0.15) is 12.4 Å². The highest BCUT2D eigenvalue weighted by Crippen LogP contribution is 2.33. The largest absolute Gasteiger partial charge is 0.491 e. The number of nitrogens with one attached hydrogen (secondary N) is 1. The van der Waals surface area contributed by atoms with Gasteiger partial charge < -0.3 is 10.1 Å². The standard InChI is InChI=1S/C15H15NO.ClH/c1-2-5-12(6-3-1)14-8-4-7-13-11-16-9-10-17-15(13)14;/h1-8,16H,9-11H2;1H. The zero-order chi connectivity index (χ0) is 11.5. The van der Waals surface area contributed by atoms with E-state index in [1.165, 1.54) is 16.7 Å². The first-order chi connectivity index (χ1) is 8.45. The molecule has 2 aromatic rings. The van der Waals surface area contributed by atoms with E-state index in [0.717, 1.165) is 25.4 Å². The molecule has 2 aromatic carbocycles. The minimum absolute atomic E-state index is 0. The normalized spacial score (nSPS) is 13.8. The predicted molar refractivity (Wildman–Crippen MR) is 76.3 cm³/mol. The fourth-order valence-corrected chi connectivity index (χ4v) is 2.19. The van der Waals surface area contributed by atoms with Crippen molar-refractivity contribution < 1.29 is 4.74 Å². The first-order valence-electron chi connectivity index (χ1n) is 5.96. The predicted octanol–water partition coefficient (Wildman–Crippen LogP) is 3.26.